The Morgan fingerprint density at radius 1 is 0.791 bits per heavy atom. The summed E-state index contributed by atoms with van der Waals surface area (Å²) in [5.74, 6) is -2.22. The number of carbonyl (C=O) groups excluding carboxylic acids is 3. The lowest BCUT2D eigenvalue weighted by Crippen LogP contribution is -2.53. The highest BCUT2D eigenvalue weighted by Crippen LogP contribution is 2.44. The molecule has 11 nitrogen and oxygen atoms in total. The fourth-order valence-corrected chi connectivity index (χ4v) is 4.89. The molecule has 0 bridgehead atoms. The lowest BCUT2D eigenvalue weighted by Gasteiger charge is -2.35. The van der Waals surface area contributed by atoms with E-state index in [9.17, 15) is 24.0 Å². The van der Waals surface area contributed by atoms with Crippen LogP contribution in [0.5, 0.6) is 0 Å². The minimum Gasteiger partial charge on any atom is -0.456 e. The van der Waals surface area contributed by atoms with Crippen LogP contribution in [0.1, 0.15) is 51.1 Å². The molecule has 1 aliphatic rings. The van der Waals surface area contributed by atoms with Crippen molar-refractivity contribution in [1.82, 2.24) is 9.55 Å². The van der Waals surface area contributed by atoms with Gasteiger partial charge in [0, 0.05) is 12.3 Å². The zero-order valence-electron chi connectivity index (χ0n) is 23.2. The summed E-state index contributed by atoms with van der Waals surface area (Å²) in [6.45, 7) is 2.98. The van der Waals surface area contributed by atoms with Gasteiger partial charge in [-0.3, -0.25) is 14.3 Å². The molecular weight excluding hydrogens is 556 g/mol. The minimum atomic E-state index is -1.86. The summed E-state index contributed by atoms with van der Waals surface area (Å²) >= 11 is 0. The maximum absolute atomic E-state index is 13.4. The Kier molecular flexibility index (Phi) is 8.35. The number of nitrogens with one attached hydrogen (secondary N) is 1. The molecule has 11 heteroatoms. The summed E-state index contributed by atoms with van der Waals surface area (Å²) in [6, 6.07) is 25.6. The zero-order valence-corrected chi connectivity index (χ0v) is 23.2. The van der Waals surface area contributed by atoms with E-state index in [0.717, 1.165) is 10.6 Å². The molecule has 0 aliphatic carbocycles. The molecule has 5 atom stereocenters. The number of aromatic nitrogens is 2. The van der Waals surface area contributed by atoms with Gasteiger partial charge < -0.3 is 18.9 Å². The van der Waals surface area contributed by atoms with Gasteiger partial charge >= 0.3 is 23.6 Å². The van der Waals surface area contributed by atoms with E-state index in [1.165, 1.54) is 32.2 Å². The van der Waals surface area contributed by atoms with Crippen LogP contribution in [0.2, 0.25) is 0 Å². The smallest absolute Gasteiger partial charge is 0.338 e. The third kappa shape index (κ3) is 6.16. The van der Waals surface area contributed by atoms with E-state index in [1.54, 1.807) is 78.9 Å². The van der Waals surface area contributed by atoms with Crippen molar-refractivity contribution in [1.29, 1.82) is 0 Å². The summed E-state index contributed by atoms with van der Waals surface area (Å²) < 4.78 is 25.0. The number of esters is 3. The number of carbonyl (C=O) groups is 3. The Hall–Kier alpha value is -5.29. The van der Waals surface area contributed by atoms with E-state index in [-0.39, 0.29) is 16.7 Å². The molecule has 4 aromatic rings. The third-order valence-corrected chi connectivity index (χ3v) is 7.07. The van der Waals surface area contributed by atoms with Crippen molar-refractivity contribution >= 4 is 17.9 Å². The average Bonchev–Trinajstić information content (AvgIpc) is 3.29. The number of hydrogen-bond donors (Lipinski definition) is 1. The Bertz CT molecular complexity index is 1720. The standard InChI is InChI=1S/C32H28N2O9/c1-20(40-27(36)21-12-6-3-7-13-21)25-26(42-28(37)22-14-8-4-9-15-22)32(2,43-29(38)23-16-10-5-11-17-23)30(41-25)34-19-18-24(35)33-31(34)39/h3-20,25-26,30H,1-2H3,(H,33,35,39). The van der Waals surface area contributed by atoms with Gasteiger partial charge in [-0.1, -0.05) is 54.6 Å². The van der Waals surface area contributed by atoms with Crippen LogP contribution in [-0.2, 0) is 18.9 Å². The van der Waals surface area contributed by atoms with Crippen molar-refractivity contribution in [2.24, 2.45) is 0 Å². The molecule has 1 aromatic heterocycles. The van der Waals surface area contributed by atoms with Crippen LogP contribution >= 0.6 is 0 Å². The highest BCUT2D eigenvalue weighted by atomic mass is 16.7. The second kappa shape index (κ2) is 12.3. The van der Waals surface area contributed by atoms with Crippen LogP contribution in [0.4, 0.5) is 0 Å². The second-order valence-corrected chi connectivity index (χ2v) is 10.1. The number of hydrogen-bond acceptors (Lipinski definition) is 9. The summed E-state index contributed by atoms with van der Waals surface area (Å²) in [5.41, 5.74) is -2.71. The maximum atomic E-state index is 13.4. The first-order chi connectivity index (χ1) is 20.7. The van der Waals surface area contributed by atoms with Crippen molar-refractivity contribution in [3.05, 3.63) is 141 Å². The van der Waals surface area contributed by atoms with Gasteiger partial charge in [0.15, 0.2) is 17.9 Å². The molecule has 0 amide bonds. The number of aromatic amines is 1. The molecule has 1 N–H and O–H groups in total. The molecule has 0 saturated carbocycles. The van der Waals surface area contributed by atoms with Gasteiger partial charge in [0.2, 0.25) is 0 Å². The fraction of sp³-hybridized carbons (Fsp3) is 0.219. The highest BCUT2D eigenvalue weighted by molar-refractivity contribution is 5.91. The Morgan fingerprint density at radius 2 is 1.30 bits per heavy atom. The van der Waals surface area contributed by atoms with Crippen molar-refractivity contribution in [3.63, 3.8) is 0 Å². The lowest BCUT2D eigenvalue weighted by molar-refractivity contribution is -0.113. The summed E-state index contributed by atoms with van der Waals surface area (Å²) in [7, 11) is 0. The number of nitrogens with zero attached hydrogens (tertiary/aromatic N) is 1. The average molecular weight is 585 g/mol. The minimum absolute atomic E-state index is 0.191. The van der Waals surface area contributed by atoms with Crippen LogP contribution in [0.3, 0.4) is 0 Å². The van der Waals surface area contributed by atoms with Gasteiger partial charge in [-0.05, 0) is 50.2 Å². The highest BCUT2D eigenvalue weighted by Gasteiger charge is 2.62. The van der Waals surface area contributed by atoms with Gasteiger partial charge in [0.25, 0.3) is 5.56 Å². The van der Waals surface area contributed by atoms with Gasteiger partial charge in [-0.2, -0.15) is 0 Å². The van der Waals surface area contributed by atoms with Crippen molar-refractivity contribution in [2.45, 2.75) is 44.0 Å². The maximum Gasteiger partial charge on any atom is 0.338 e. The van der Waals surface area contributed by atoms with E-state index in [2.05, 4.69) is 4.98 Å². The molecule has 0 spiro atoms. The molecule has 220 valence electrons. The van der Waals surface area contributed by atoms with E-state index in [0.29, 0.717) is 0 Å². The molecule has 0 radical (unpaired) electrons. The number of rotatable bonds is 8. The predicted octanol–water partition coefficient (Wildman–Crippen LogP) is 3.52. The van der Waals surface area contributed by atoms with Crippen molar-refractivity contribution in [3.8, 4) is 0 Å². The van der Waals surface area contributed by atoms with Gasteiger partial charge in [0.05, 0.1) is 16.7 Å². The van der Waals surface area contributed by atoms with E-state index < -0.39 is 59.3 Å². The quantitative estimate of drug-likeness (QED) is 0.243. The number of benzene rings is 3. The first-order valence-corrected chi connectivity index (χ1v) is 13.4. The normalized spacial score (nSPS) is 21.9. The van der Waals surface area contributed by atoms with Crippen LogP contribution in [-0.4, -0.2) is 51.4 Å². The van der Waals surface area contributed by atoms with Gasteiger partial charge in [-0.25, -0.2) is 19.2 Å². The molecule has 5 rings (SSSR count). The van der Waals surface area contributed by atoms with Crippen LogP contribution in [0.25, 0.3) is 0 Å². The van der Waals surface area contributed by atoms with Gasteiger partial charge in [0.1, 0.15) is 12.2 Å². The molecule has 43 heavy (non-hydrogen) atoms. The Morgan fingerprint density at radius 3 is 1.84 bits per heavy atom. The summed E-state index contributed by atoms with van der Waals surface area (Å²) in [6.07, 6.45) is -3.92. The Balaban J connectivity index is 1.58. The van der Waals surface area contributed by atoms with Crippen molar-refractivity contribution < 1.29 is 33.3 Å². The van der Waals surface area contributed by atoms with Crippen LogP contribution < -0.4 is 11.2 Å². The zero-order chi connectivity index (χ0) is 30.6. The fourth-order valence-electron chi connectivity index (χ4n) is 4.89. The molecule has 3 aromatic carbocycles. The van der Waals surface area contributed by atoms with Crippen LogP contribution in [0.15, 0.2) is 113 Å². The third-order valence-electron chi connectivity index (χ3n) is 7.07. The van der Waals surface area contributed by atoms with Gasteiger partial charge in [-0.15, -0.1) is 0 Å². The second-order valence-electron chi connectivity index (χ2n) is 10.1. The molecule has 2 heterocycles. The number of H-pyrrole nitrogens is 1. The number of ether oxygens (including phenoxy) is 4. The summed E-state index contributed by atoms with van der Waals surface area (Å²) in [5, 5.41) is 0. The molecule has 1 saturated heterocycles. The largest absolute Gasteiger partial charge is 0.456 e. The lowest BCUT2D eigenvalue weighted by atomic mass is 9.93. The van der Waals surface area contributed by atoms with E-state index in [4.69, 9.17) is 18.9 Å². The SMILES string of the molecule is CC(OC(=O)c1ccccc1)C1OC(n2ccc(=O)[nH]c2=O)C(C)(OC(=O)c2ccccc2)C1OC(=O)c1ccccc1. The molecule has 5 unspecified atom stereocenters. The van der Waals surface area contributed by atoms with E-state index >= 15 is 0 Å². The Labute approximate surface area is 245 Å². The van der Waals surface area contributed by atoms with E-state index in [1.807, 2.05) is 0 Å². The first kappa shape index (κ1) is 29.2. The van der Waals surface area contributed by atoms with Crippen LogP contribution in [0, 0.1) is 0 Å². The monoisotopic (exact) mass is 584 g/mol. The van der Waals surface area contributed by atoms with Crippen molar-refractivity contribution in [2.75, 3.05) is 0 Å². The first-order valence-electron chi connectivity index (χ1n) is 13.4. The molecule has 1 fully saturated rings. The summed E-state index contributed by atoms with van der Waals surface area (Å²) in [4.78, 5) is 66.7. The molecule has 1 aliphatic heterocycles. The predicted molar refractivity (Wildman–Crippen MR) is 152 cm³/mol. The molecular formula is C32H28N2O9. The topological polar surface area (TPSA) is 143 Å².